The Labute approximate surface area is 161 Å². The zero-order valence-corrected chi connectivity index (χ0v) is 17.3. The van der Waals surface area contributed by atoms with Gasteiger partial charge in [0.25, 0.3) is 0 Å². The molecule has 1 N–H and O–H groups in total. The topological polar surface area (TPSA) is 38.3 Å². The summed E-state index contributed by atoms with van der Waals surface area (Å²) in [6, 6.07) is 14.2. The molecule has 2 aromatic carbocycles. The number of benzene rings is 2. The molecule has 0 heterocycles. The van der Waals surface area contributed by atoms with Crippen molar-refractivity contribution >= 4 is 17.7 Å². The van der Waals surface area contributed by atoms with Gasteiger partial charge in [-0.05, 0) is 67.6 Å². The van der Waals surface area contributed by atoms with Crippen LogP contribution in [0.15, 0.2) is 47.4 Å². The minimum atomic E-state index is -0.150. The fourth-order valence-electron chi connectivity index (χ4n) is 2.98. The third-order valence-electron chi connectivity index (χ3n) is 4.49. The number of amides is 1. The first-order valence-electron chi connectivity index (χ1n) is 9.04. The van der Waals surface area contributed by atoms with E-state index in [4.69, 9.17) is 4.74 Å². The molecule has 0 aromatic heterocycles. The van der Waals surface area contributed by atoms with E-state index in [0.717, 1.165) is 21.8 Å². The molecule has 0 spiro atoms. The Balaban J connectivity index is 2.12. The third kappa shape index (κ3) is 5.04. The van der Waals surface area contributed by atoms with Gasteiger partial charge in [-0.3, -0.25) is 4.79 Å². The molecule has 0 aliphatic rings. The van der Waals surface area contributed by atoms with Gasteiger partial charge in [-0.1, -0.05) is 32.0 Å². The van der Waals surface area contributed by atoms with Gasteiger partial charge in [0.1, 0.15) is 5.75 Å². The lowest BCUT2D eigenvalue weighted by atomic mass is 9.93. The van der Waals surface area contributed by atoms with Crippen molar-refractivity contribution in [2.75, 3.05) is 7.11 Å². The predicted molar refractivity (Wildman–Crippen MR) is 110 cm³/mol. The molecule has 26 heavy (non-hydrogen) atoms. The molecule has 0 fully saturated rings. The van der Waals surface area contributed by atoms with Crippen LogP contribution in [0.1, 0.15) is 56.3 Å². The van der Waals surface area contributed by atoms with Gasteiger partial charge in [0, 0.05) is 4.90 Å². The molecule has 2 rings (SSSR count). The molecule has 2 atom stereocenters. The van der Waals surface area contributed by atoms with E-state index in [2.05, 4.69) is 38.2 Å². The summed E-state index contributed by atoms with van der Waals surface area (Å²) < 4.78 is 5.52. The number of carbonyl (C=O) groups is 1. The predicted octanol–water partition coefficient (Wildman–Crippen LogP) is 5.49. The molecular formula is C22H29NO2S. The first-order valence-corrected chi connectivity index (χ1v) is 9.92. The Morgan fingerprint density at radius 3 is 2.27 bits per heavy atom. The van der Waals surface area contributed by atoms with Crippen molar-refractivity contribution in [3.05, 3.63) is 59.2 Å². The number of methoxy groups -OCH3 is 1. The van der Waals surface area contributed by atoms with E-state index in [1.165, 1.54) is 5.56 Å². The van der Waals surface area contributed by atoms with E-state index in [1.54, 1.807) is 18.9 Å². The number of aryl methyl sites for hydroxylation is 1. The zero-order chi connectivity index (χ0) is 19.3. The molecule has 140 valence electrons. The summed E-state index contributed by atoms with van der Waals surface area (Å²) in [5.74, 6) is 1.32. The Hall–Kier alpha value is -1.94. The Morgan fingerprint density at radius 1 is 1.04 bits per heavy atom. The minimum Gasteiger partial charge on any atom is -0.496 e. The van der Waals surface area contributed by atoms with Crippen molar-refractivity contribution in [1.82, 2.24) is 5.32 Å². The van der Waals surface area contributed by atoms with Crippen LogP contribution in [0.2, 0.25) is 0 Å². The van der Waals surface area contributed by atoms with E-state index in [9.17, 15) is 4.79 Å². The summed E-state index contributed by atoms with van der Waals surface area (Å²) >= 11 is 1.58. The highest BCUT2D eigenvalue weighted by atomic mass is 32.2. The number of hydrogen-bond donors (Lipinski definition) is 1. The first-order chi connectivity index (χ1) is 12.3. The van der Waals surface area contributed by atoms with Crippen molar-refractivity contribution in [2.24, 2.45) is 0 Å². The van der Waals surface area contributed by atoms with Crippen LogP contribution in [0.5, 0.6) is 5.75 Å². The van der Waals surface area contributed by atoms with Crippen molar-refractivity contribution in [1.29, 1.82) is 0 Å². The van der Waals surface area contributed by atoms with Crippen LogP contribution >= 0.6 is 11.8 Å². The molecule has 2 aromatic rings. The molecule has 0 aliphatic heterocycles. The first kappa shape index (κ1) is 20.4. The summed E-state index contributed by atoms with van der Waals surface area (Å²) in [6.45, 7) is 10.3. The molecule has 0 bridgehead atoms. The van der Waals surface area contributed by atoms with Gasteiger partial charge in [0.05, 0.1) is 18.4 Å². The molecule has 1 amide bonds. The fourth-order valence-corrected chi connectivity index (χ4v) is 3.87. The minimum absolute atomic E-state index is 0.0488. The van der Waals surface area contributed by atoms with E-state index < -0.39 is 0 Å². The van der Waals surface area contributed by atoms with E-state index in [-0.39, 0.29) is 17.2 Å². The third-order valence-corrected chi connectivity index (χ3v) is 5.60. The number of hydrogen-bond acceptors (Lipinski definition) is 3. The standard InChI is InChI=1S/C22H29NO2S/c1-14(2)19-13-20(15(3)12-21(19)25-6)16(4)23-22(24)17(5)26-18-10-8-7-9-11-18/h7-14,16-17H,1-6H3,(H,23,24)/t16-,17+/m1/s1. The molecule has 4 heteroatoms. The largest absolute Gasteiger partial charge is 0.496 e. The molecule has 0 radical (unpaired) electrons. The van der Waals surface area contributed by atoms with E-state index in [0.29, 0.717) is 5.92 Å². The normalized spacial score (nSPS) is 13.3. The number of thioether (sulfide) groups is 1. The van der Waals surface area contributed by atoms with Crippen LogP contribution in [0.3, 0.4) is 0 Å². The van der Waals surface area contributed by atoms with Gasteiger partial charge in [-0.25, -0.2) is 0 Å². The second kappa shape index (κ2) is 9.13. The van der Waals surface area contributed by atoms with E-state index >= 15 is 0 Å². The van der Waals surface area contributed by atoms with Gasteiger partial charge >= 0.3 is 0 Å². The van der Waals surface area contributed by atoms with Gasteiger partial charge in [-0.15, -0.1) is 11.8 Å². The monoisotopic (exact) mass is 371 g/mol. The van der Waals surface area contributed by atoms with Crippen LogP contribution in [0, 0.1) is 6.92 Å². The average Bonchev–Trinajstić information content (AvgIpc) is 2.61. The summed E-state index contributed by atoms with van der Waals surface area (Å²) in [4.78, 5) is 13.7. The summed E-state index contributed by atoms with van der Waals surface area (Å²) in [6.07, 6.45) is 0. The lowest BCUT2D eigenvalue weighted by Gasteiger charge is -2.22. The summed E-state index contributed by atoms with van der Waals surface area (Å²) in [5.41, 5.74) is 3.43. The van der Waals surface area contributed by atoms with Crippen LogP contribution in [0.4, 0.5) is 0 Å². The second-order valence-electron chi connectivity index (χ2n) is 6.91. The molecule has 0 unspecified atom stereocenters. The van der Waals surface area contributed by atoms with Gasteiger partial charge in [0.2, 0.25) is 5.91 Å². The fraction of sp³-hybridized carbons (Fsp3) is 0.409. The van der Waals surface area contributed by atoms with Crippen LogP contribution < -0.4 is 10.1 Å². The Bertz CT molecular complexity index is 743. The quantitative estimate of drug-likeness (QED) is 0.655. The lowest BCUT2D eigenvalue weighted by Crippen LogP contribution is -2.33. The average molecular weight is 372 g/mol. The highest BCUT2D eigenvalue weighted by Gasteiger charge is 2.20. The Morgan fingerprint density at radius 2 is 1.69 bits per heavy atom. The van der Waals surface area contributed by atoms with Gasteiger partial charge in [-0.2, -0.15) is 0 Å². The summed E-state index contributed by atoms with van der Waals surface area (Å²) in [5, 5.41) is 3.01. The van der Waals surface area contributed by atoms with Crippen molar-refractivity contribution < 1.29 is 9.53 Å². The molecule has 3 nitrogen and oxygen atoms in total. The number of rotatable bonds is 7. The Kier molecular flexibility index (Phi) is 7.15. The SMILES string of the molecule is COc1cc(C)c([C@@H](C)NC(=O)[C@H](C)Sc2ccccc2)cc1C(C)C. The van der Waals surface area contributed by atoms with Crippen molar-refractivity contribution in [3.63, 3.8) is 0 Å². The van der Waals surface area contributed by atoms with Crippen LogP contribution in [-0.4, -0.2) is 18.3 Å². The number of carbonyl (C=O) groups excluding carboxylic acids is 1. The van der Waals surface area contributed by atoms with Crippen molar-refractivity contribution in [2.45, 2.75) is 56.7 Å². The van der Waals surface area contributed by atoms with E-state index in [1.807, 2.05) is 44.2 Å². The second-order valence-corrected chi connectivity index (χ2v) is 8.32. The number of nitrogens with one attached hydrogen (secondary N) is 1. The van der Waals surface area contributed by atoms with Gasteiger partial charge in [0.15, 0.2) is 0 Å². The molecule has 0 aliphatic carbocycles. The zero-order valence-electron chi connectivity index (χ0n) is 16.5. The van der Waals surface area contributed by atoms with Crippen LogP contribution in [0.25, 0.3) is 0 Å². The van der Waals surface area contributed by atoms with Crippen molar-refractivity contribution in [3.8, 4) is 5.75 Å². The number of ether oxygens (including phenoxy) is 1. The highest BCUT2D eigenvalue weighted by molar-refractivity contribution is 8.00. The summed E-state index contributed by atoms with van der Waals surface area (Å²) in [7, 11) is 1.70. The maximum absolute atomic E-state index is 12.6. The van der Waals surface area contributed by atoms with Crippen LogP contribution in [-0.2, 0) is 4.79 Å². The maximum atomic E-state index is 12.6. The van der Waals surface area contributed by atoms with Gasteiger partial charge < -0.3 is 10.1 Å². The molecular weight excluding hydrogens is 342 g/mol. The maximum Gasteiger partial charge on any atom is 0.233 e. The molecule has 0 saturated carbocycles. The smallest absolute Gasteiger partial charge is 0.233 e. The highest BCUT2D eigenvalue weighted by Crippen LogP contribution is 2.32. The molecule has 0 saturated heterocycles. The lowest BCUT2D eigenvalue weighted by molar-refractivity contribution is -0.120.